The van der Waals surface area contributed by atoms with Crippen molar-refractivity contribution in [2.24, 2.45) is 5.92 Å². The van der Waals surface area contributed by atoms with E-state index >= 15 is 0 Å². The van der Waals surface area contributed by atoms with Crippen molar-refractivity contribution in [2.45, 2.75) is 83.4 Å². The molecule has 0 aromatic heterocycles. The molecule has 2 N–H and O–H groups in total. The van der Waals surface area contributed by atoms with Gasteiger partial charge in [-0.15, -0.1) is 0 Å². The first-order valence-corrected chi connectivity index (χ1v) is 17.5. The molecule has 46 heavy (non-hydrogen) atoms. The molecule has 4 unspecified atom stereocenters. The summed E-state index contributed by atoms with van der Waals surface area (Å²) >= 11 is 0. The molecule has 9 nitrogen and oxygen atoms in total. The summed E-state index contributed by atoms with van der Waals surface area (Å²) < 4.78 is 17.0. The van der Waals surface area contributed by atoms with Crippen molar-refractivity contribution in [3.63, 3.8) is 0 Å². The number of benzene rings is 3. The van der Waals surface area contributed by atoms with Crippen molar-refractivity contribution in [2.75, 3.05) is 20.8 Å². The number of nitrogens with zero attached hydrogens (tertiary/aromatic N) is 2. The predicted octanol–water partition coefficient (Wildman–Crippen LogP) is 6.80. The van der Waals surface area contributed by atoms with Gasteiger partial charge in [0, 0.05) is 0 Å². The summed E-state index contributed by atoms with van der Waals surface area (Å²) in [6.07, 6.45) is -1.11. The van der Waals surface area contributed by atoms with Crippen LogP contribution in [-0.2, 0) is 29.0 Å². The minimum absolute atomic E-state index is 0.0447. The monoisotopic (exact) mass is 654 g/mol. The molecule has 0 aliphatic heterocycles. The van der Waals surface area contributed by atoms with Crippen LogP contribution < -0.4 is 0 Å². The van der Waals surface area contributed by atoms with Gasteiger partial charge in [-0.25, -0.2) is 0 Å². The van der Waals surface area contributed by atoms with Crippen LogP contribution in [0.5, 0.6) is 0 Å². The Morgan fingerprint density at radius 3 is 1.61 bits per heavy atom. The molecule has 0 aliphatic carbocycles. The third kappa shape index (κ3) is 9.88. The first-order chi connectivity index (χ1) is 22.0. The van der Waals surface area contributed by atoms with Gasteiger partial charge in [-0.2, -0.15) is 0 Å². The van der Waals surface area contributed by atoms with Crippen LogP contribution in [0.1, 0.15) is 64.2 Å². The summed E-state index contributed by atoms with van der Waals surface area (Å²) in [7, 11) is -2.00. The van der Waals surface area contributed by atoms with Crippen LogP contribution in [-0.4, -0.2) is 66.0 Å². The summed E-state index contributed by atoms with van der Waals surface area (Å²) in [6.45, 7) is 9.77. The maximum atomic E-state index is 11.1. The summed E-state index contributed by atoms with van der Waals surface area (Å²) in [4.78, 5) is 34.4. The van der Waals surface area contributed by atoms with Crippen LogP contribution in [0.2, 0.25) is 0 Å². The molecule has 0 amide bonds. The molecule has 3 aromatic rings. The van der Waals surface area contributed by atoms with Gasteiger partial charge in [0.15, 0.2) is 0 Å². The van der Waals surface area contributed by atoms with Crippen molar-refractivity contribution < 1.29 is 33.3 Å². The summed E-state index contributed by atoms with van der Waals surface area (Å²) in [5, 5.41) is 9.86. The number of methoxy groups -OCH3 is 1. The number of ether oxygens (including phenoxy) is 1. The fourth-order valence-electron chi connectivity index (χ4n) is 6.51. The van der Waals surface area contributed by atoms with Crippen LogP contribution in [0.15, 0.2) is 91.0 Å². The average Bonchev–Trinajstić information content (AvgIpc) is 3.04. The van der Waals surface area contributed by atoms with Crippen molar-refractivity contribution in [1.82, 2.24) is 4.90 Å². The van der Waals surface area contributed by atoms with Gasteiger partial charge in [-0.1, -0.05) is 0 Å². The molecule has 0 fully saturated rings. The van der Waals surface area contributed by atoms with Gasteiger partial charge in [0.2, 0.25) is 0 Å². The van der Waals surface area contributed by atoms with Gasteiger partial charge >= 0.3 is 276 Å². The van der Waals surface area contributed by atoms with E-state index in [0.717, 1.165) is 16.7 Å². The molecule has 3 aromatic carbocycles. The first kappa shape index (κ1) is 37.7. The van der Waals surface area contributed by atoms with E-state index in [9.17, 15) is 15.0 Å². The molecule has 0 saturated heterocycles. The van der Waals surface area contributed by atoms with Crippen molar-refractivity contribution >= 4 is 8.17 Å². The number of hydrogen-bond acceptors (Lipinski definition) is 9. The maximum absolute atomic E-state index is 11.1. The Labute approximate surface area is 275 Å². The summed E-state index contributed by atoms with van der Waals surface area (Å²) in [5.41, 5.74) is 2.87. The fourth-order valence-corrected chi connectivity index (χ4v) is 7.56. The molecular weight excluding hydrogens is 603 g/mol. The summed E-state index contributed by atoms with van der Waals surface area (Å²) in [5.74, 6) is -0.0715. The second-order valence-electron chi connectivity index (χ2n) is 12.2. The zero-order chi connectivity index (χ0) is 33.7. The van der Waals surface area contributed by atoms with Gasteiger partial charge < -0.3 is 0 Å². The number of hydrogen-bond donors (Lipinski definition) is 2. The van der Waals surface area contributed by atoms with Crippen LogP contribution >= 0.6 is 8.17 Å². The molecule has 4 atom stereocenters. The van der Waals surface area contributed by atoms with Crippen LogP contribution in [0.25, 0.3) is 0 Å². The van der Waals surface area contributed by atoms with Gasteiger partial charge in [-0.3, -0.25) is 0 Å². The van der Waals surface area contributed by atoms with Gasteiger partial charge in [-0.05, 0) is 0 Å². The molecule has 0 bridgehead atoms. The van der Waals surface area contributed by atoms with E-state index in [1.165, 1.54) is 14.2 Å². The Kier molecular flexibility index (Phi) is 14.7. The van der Waals surface area contributed by atoms with E-state index in [1.807, 2.05) is 87.2 Å². The van der Waals surface area contributed by atoms with E-state index in [-0.39, 0.29) is 24.6 Å². The Balaban J connectivity index is 1.95. The Bertz CT molecular complexity index is 1220. The van der Waals surface area contributed by atoms with E-state index in [2.05, 4.69) is 49.4 Å². The molecule has 10 heteroatoms. The molecule has 0 saturated carbocycles. The molecule has 0 heterocycles. The Morgan fingerprint density at radius 1 is 0.783 bits per heavy atom. The third-order valence-corrected chi connectivity index (χ3v) is 9.40. The number of nitriles is 1. The van der Waals surface area contributed by atoms with Crippen LogP contribution in [0.4, 0.5) is 0 Å². The second-order valence-corrected chi connectivity index (χ2v) is 13.8. The topological polar surface area (TPSA) is 114 Å². The number of rotatable bonds is 19. The van der Waals surface area contributed by atoms with Crippen molar-refractivity contribution in [1.29, 1.82) is 5.26 Å². The van der Waals surface area contributed by atoms with E-state index in [1.54, 1.807) is 0 Å². The second kappa shape index (κ2) is 18.0. The third-order valence-electron chi connectivity index (χ3n) is 8.25. The Hall–Kier alpha value is -2.74. The zero-order valence-corrected chi connectivity index (χ0v) is 29.1. The van der Waals surface area contributed by atoms with E-state index in [0.29, 0.717) is 12.8 Å². The summed E-state index contributed by atoms with van der Waals surface area (Å²) in [6, 6.07) is 32.8. The molecular formula is C36H51N2O7P. The Morgan fingerprint density at radius 2 is 1.24 bits per heavy atom. The molecule has 0 spiro atoms. The van der Waals surface area contributed by atoms with Gasteiger partial charge in [0.05, 0.1) is 0 Å². The quantitative estimate of drug-likeness (QED) is 0.0474. The fraction of sp³-hybridized carbons (Fsp3) is 0.472. The zero-order valence-electron chi connectivity index (χ0n) is 28.1. The standard InChI is InChI=1S/C36H51N2O7P/c1-27(2)38(28(3)4)33(25-37)26-43-46(39,40)45-34(35(41-6)44-42-7)23-29(5)24-36(30-17-11-8-12-18-30,31-19-13-9-14-20-31)32-21-15-10-16-22-32/h8-22,27-29,33-35,39-40,46H,23-24,26H2,1-7H3. The van der Waals surface area contributed by atoms with E-state index in [4.69, 9.17) is 23.6 Å². The predicted molar refractivity (Wildman–Crippen MR) is 182 cm³/mol. The first-order valence-electron chi connectivity index (χ1n) is 15.8. The molecule has 252 valence electrons. The van der Waals surface area contributed by atoms with Gasteiger partial charge in [0.1, 0.15) is 0 Å². The molecule has 3 rings (SSSR count). The van der Waals surface area contributed by atoms with E-state index < -0.39 is 32.0 Å². The normalized spacial score (nSPS) is 15.5. The van der Waals surface area contributed by atoms with Gasteiger partial charge in [0.25, 0.3) is 0 Å². The SMILES string of the molecule is COOC(OC)C(CC(C)CC(c1ccccc1)(c1ccccc1)c1ccccc1)O[PH](O)(O)OCC(C#N)N(C(C)C)C(C)C. The molecule has 0 radical (unpaired) electrons. The van der Waals surface area contributed by atoms with Crippen molar-refractivity contribution in [3.05, 3.63) is 108 Å². The minimum atomic E-state index is -4.78. The van der Waals surface area contributed by atoms with Crippen LogP contribution in [0.3, 0.4) is 0 Å². The van der Waals surface area contributed by atoms with Crippen LogP contribution in [0, 0.1) is 17.2 Å². The molecule has 0 aliphatic rings. The van der Waals surface area contributed by atoms with Crippen molar-refractivity contribution in [3.8, 4) is 6.07 Å². The average molecular weight is 655 g/mol.